The van der Waals surface area contributed by atoms with Crippen LogP contribution < -0.4 is 4.90 Å². The summed E-state index contributed by atoms with van der Waals surface area (Å²) in [5, 5.41) is 4.54. The van der Waals surface area contributed by atoms with Crippen molar-refractivity contribution in [3.05, 3.63) is 41.3 Å². The zero-order valence-corrected chi connectivity index (χ0v) is 14.9. The lowest BCUT2D eigenvalue weighted by Crippen LogP contribution is -2.38. The van der Waals surface area contributed by atoms with E-state index >= 15 is 0 Å². The minimum absolute atomic E-state index is 0.0875. The fourth-order valence-electron chi connectivity index (χ4n) is 3.31. The summed E-state index contributed by atoms with van der Waals surface area (Å²) in [5.74, 6) is 0.889. The van der Waals surface area contributed by atoms with Gasteiger partial charge in [-0.2, -0.15) is 5.10 Å². The molecule has 0 spiro atoms. The lowest BCUT2D eigenvalue weighted by atomic mass is 10.2. The molecule has 0 aliphatic carbocycles. The highest BCUT2D eigenvalue weighted by molar-refractivity contribution is 5.95. The van der Waals surface area contributed by atoms with E-state index in [1.807, 2.05) is 41.6 Å². The van der Waals surface area contributed by atoms with Gasteiger partial charge in [0.15, 0.2) is 0 Å². The van der Waals surface area contributed by atoms with Crippen LogP contribution in [0, 0.1) is 13.8 Å². The molecule has 128 valence electrons. The predicted molar refractivity (Wildman–Crippen MR) is 94.3 cm³/mol. The first-order valence-corrected chi connectivity index (χ1v) is 8.41. The molecule has 1 atom stereocenters. The van der Waals surface area contributed by atoms with E-state index < -0.39 is 0 Å². The largest absolute Gasteiger partial charge is 0.363 e. The van der Waals surface area contributed by atoms with Gasteiger partial charge in [0.1, 0.15) is 5.82 Å². The van der Waals surface area contributed by atoms with E-state index in [1.165, 1.54) is 0 Å². The highest BCUT2D eigenvalue weighted by atomic mass is 16.2. The molecule has 1 amide bonds. The zero-order valence-electron chi connectivity index (χ0n) is 14.9. The van der Waals surface area contributed by atoms with Crippen molar-refractivity contribution in [2.24, 2.45) is 0 Å². The Kier molecular flexibility index (Phi) is 4.55. The molecular weight excluding hydrogens is 302 g/mol. The first-order chi connectivity index (χ1) is 11.5. The Morgan fingerprint density at radius 2 is 2.12 bits per heavy atom. The molecule has 0 radical (unpaired) electrons. The first kappa shape index (κ1) is 16.5. The molecule has 0 bridgehead atoms. The van der Waals surface area contributed by atoms with E-state index in [0.29, 0.717) is 5.56 Å². The van der Waals surface area contributed by atoms with E-state index in [4.69, 9.17) is 0 Å². The van der Waals surface area contributed by atoms with Crippen LogP contribution >= 0.6 is 0 Å². The quantitative estimate of drug-likeness (QED) is 0.864. The molecule has 0 N–H and O–H groups in total. The summed E-state index contributed by atoms with van der Waals surface area (Å²) in [7, 11) is 3.86. The van der Waals surface area contributed by atoms with Crippen molar-refractivity contribution in [1.29, 1.82) is 0 Å². The van der Waals surface area contributed by atoms with Crippen molar-refractivity contribution in [3.63, 3.8) is 0 Å². The third kappa shape index (κ3) is 3.27. The van der Waals surface area contributed by atoms with E-state index in [2.05, 4.69) is 23.1 Å². The van der Waals surface area contributed by atoms with Crippen molar-refractivity contribution in [3.8, 4) is 0 Å². The summed E-state index contributed by atoms with van der Waals surface area (Å²) >= 11 is 0. The van der Waals surface area contributed by atoms with E-state index in [9.17, 15) is 4.79 Å². The molecule has 6 nitrogen and oxygen atoms in total. The predicted octanol–water partition coefficient (Wildman–Crippen LogP) is 2.27. The maximum Gasteiger partial charge on any atom is 0.254 e. The maximum atomic E-state index is 13.0. The van der Waals surface area contributed by atoms with Crippen LogP contribution in [0.1, 0.15) is 34.6 Å². The Balaban J connectivity index is 1.78. The number of nitrogens with zero attached hydrogens (tertiary/aromatic N) is 5. The standard InChI is InChI=1S/C18H25N5O/c1-13-10-14(2)23(20-13)12-16-6-5-9-22(16)18(24)15-7-8-19-17(11-15)21(3)4/h7-8,10-11,16H,5-6,9,12H2,1-4H3/t16-/m0/s1. The SMILES string of the molecule is Cc1cc(C)n(C[C@@H]2CCCN2C(=O)c2ccnc(N(C)C)c2)n1. The highest BCUT2D eigenvalue weighted by Crippen LogP contribution is 2.23. The monoisotopic (exact) mass is 327 g/mol. The lowest BCUT2D eigenvalue weighted by Gasteiger charge is -2.25. The van der Waals surface area contributed by atoms with Gasteiger partial charge in [-0.1, -0.05) is 0 Å². The zero-order chi connectivity index (χ0) is 17.3. The van der Waals surface area contributed by atoms with Gasteiger partial charge in [-0.15, -0.1) is 0 Å². The average Bonchev–Trinajstić information content (AvgIpc) is 3.13. The van der Waals surface area contributed by atoms with Gasteiger partial charge in [0.05, 0.1) is 18.3 Å². The smallest absolute Gasteiger partial charge is 0.254 e. The van der Waals surface area contributed by atoms with Gasteiger partial charge in [-0.3, -0.25) is 9.48 Å². The van der Waals surface area contributed by atoms with Crippen molar-refractivity contribution in [2.45, 2.75) is 39.3 Å². The van der Waals surface area contributed by atoms with Gasteiger partial charge in [0, 0.05) is 38.1 Å². The molecule has 6 heteroatoms. The summed E-state index contributed by atoms with van der Waals surface area (Å²) in [5.41, 5.74) is 2.87. The Morgan fingerprint density at radius 1 is 1.33 bits per heavy atom. The molecule has 1 fully saturated rings. The Labute approximate surface area is 143 Å². The van der Waals surface area contributed by atoms with Gasteiger partial charge in [-0.25, -0.2) is 4.98 Å². The molecule has 3 heterocycles. The average molecular weight is 327 g/mol. The maximum absolute atomic E-state index is 13.0. The third-order valence-corrected chi connectivity index (χ3v) is 4.58. The minimum atomic E-state index is 0.0875. The molecule has 3 rings (SSSR count). The lowest BCUT2D eigenvalue weighted by molar-refractivity contribution is 0.0721. The van der Waals surface area contributed by atoms with Crippen molar-refractivity contribution in [1.82, 2.24) is 19.7 Å². The van der Waals surface area contributed by atoms with Gasteiger partial charge < -0.3 is 9.80 Å². The molecule has 0 unspecified atom stereocenters. The fourth-order valence-corrected chi connectivity index (χ4v) is 3.31. The van der Waals surface area contributed by atoms with Gasteiger partial charge in [-0.05, 0) is 44.9 Å². The van der Waals surface area contributed by atoms with Crippen LogP contribution in [0.2, 0.25) is 0 Å². The summed E-state index contributed by atoms with van der Waals surface area (Å²) in [4.78, 5) is 21.2. The van der Waals surface area contributed by atoms with Crippen LogP contribution in [0.3, 0.4) is 0 Å². The normalized spacial score (nSPS) is 17.3. The van der Waals surface area contributed by atoms with E-state index in [-0.39, 0.29) is 11.9 Å². The molecule has 2 aromatic rings. The van der Waals surface area contributed by atoms with Crippen molar-refractivity contribution < 1.29 is 4.79 Å². The van der Waals surface area contributed by atoms with Gasteiger partial charge in [0.2, 0.25) is 0 Å². The number of hydrogen-bond donors (Lipinski definition) is 0. The van der Waals surface area contributed by atoms with Crippen LogP contribution in [0.15, 0.2) is 24.4 Å². The second kappa shape index (κ2) is 6.63. The second-order valence-corrected chi connectivity index (χ2v) is 6.70. The van der Waals surface area contributed by atoms with Crippen LogP contribution in [-0.4, -0.2) is 52.3 Å². The number of carbonyl (C=O) groups is 1. The Hall–Kier alpha value is -2.37. The molecule has 0 aromatic carbocycles. The summed E-state index contributed by atoms with van der Waals surface area (Å²) in [6.45, 7) is 5.63. The Morgan fingerprint density at radius 3 is 2.79 bits per heavy atom. The summed E-state index contributed by atoms with van der Waals surface area (Å²) in [6, 6.07) is 5.94. The molecular formula is C18H25N5O. The number of likely N-dealkylation sites (tertiary alicyclic amines) is 1. The van der Waals surface area contributed by atoms with Crippen molar-refractivity contribution >= 4 is 11.7 Å². The summed E-state index contributed by atoms with van der Waals surface area (Å²) < 4.78 is 2.02. The van der Waals surface area contributed by atoms with Gasteiger partial charge in [0.25, 0.3) is 5.91 Å². The molecule has 2 aromatic heterocycles. The Bertz CT molecular complexity index is 737. The van der Waals surface area contributed by atoms with Crippen LogP contribution in [0.25, 0.3) is 0 Å². The third-order valence-electron chi connectivity index (χ3n) is 4.58. The van der Waals surface area contributed by atoms with Gasteiger partial charge >= 0.3 is 0 Å². The first-order valence-electron chi connectivity index (χ1n) is 8.41. The number of hydrogen-bond acceptors (Lipinski definition) is 4. The van der Waals surface area contributed by atoms with E-state index in [1.54, 1.807) is 12.3 Å². The molecule has 1 aliphatic rings. The summed E-state index contributed by atoms with van der Waals surface area (Å²) in [6.07, 6.45) is 3.77. The topological polar surface area (TPSA) is 54.3 Å². The minimum Gasteiger partial charge on any atom is -0.363 e. The molecule has 24 heavy (non-hydrogen) atoms. The van der Waals surface area contributed by atoms with E-state index in [0.717, 1.165) is 43.1 Å². The number of anilines is 1. The fraction of sp³-hybridized carbons (Fsp3) is 0.500. The molecule has 0 saturated carbocycles. The number of rotatable bonds is 4. The van der Waals surface area contributed by atoms with Crippen molar-refractivity contribution in [2.75, 3.05) is 25.5 Å². The number of amides is 1. The second-order valence-electron chi connectivity index (χ2n) is 6.70. The number of carbonyl (C=O) groups excluding carboxylic acids is 1. The number of aromatic nitrogens is 3. The number of aryl methyl sites for hydroxylation is 2. The molecule has 1 saturated heterocycles. The van der Waals surface area contributed by atoms with Crippen LogP contribution in [0.5, 0.6) is 0 Å². The van der Waals surface area contributed by atoms with Crippen LogP contribution in [-0.2, 0) is 6.54 Å². The number of pyridine rings is 1. The molecule has 1 aliphatic heterocycles. The van der Waals surface area contributed by atoms with Crippen LogP contribution in [0.4, 0.5) is 5.82 Å². The highest BCUT2D eigenvalue weighted by Gasteiger charge is 2.30.